The summed E-state index contributed by atoms with van der Waals surface area (Å²) in [6.45, 7) is 5.34. The van der Waals surface area contributed by atoms with E-state index >= 15 is 0 Å². The number of allylic oxidation sites excluding steroid dienone is 2. The van der Waals surface area contributed by atoms with Gasteiger partial charge in [0.25, 0.3) is 0 Å². The van der Waals surface area contributed by atoms with Crippen LogP contribution in [0.5, 0.6) is 17.2 Å². The minimum atomic E-state index is 0.0717. The van der Waals surface area contributed by atoms with E-state index in [4.69, 9.17) is 14.2 Å². The second kappa shape index (κ2) is 7.31. The van der Waals surface area contributed by atoms with E-state index in [0.717, 1.165) is 40.9 Å². The Bertz CT molecular complexity index is 732. The molecule has 0 amide bonds. The molecule has 1 aromatic rings. The Hall–Kier alpha value is -2.01. The highest BCUT2D eigenvalue weighted by atomic mass is 16.7. The molecule has 0 saturated heterocycles. The second-order valence-electron chi connectivity index (χ2n) is 8.05. The summed E-state index contributed by atoms with van der Waals surface area (Å²) in [7, 11) is 6.06. The normalized spacial score (nSPS) is 19.7. The Morgan fingerprint density at radius 3 is 2.81 bits per heavy atom. The highest BCUT2D eigenvalue weighted by Crippen LogP contribution is 2.51. The zero-order valence-corrected chi connectivity index (χ0v) is 16.6. The van der Waals surface area contributed by atoms with Crippen LogP contribution in [0.25, 0.3) is 0 Å². The first-order valence-electron chi connectivity index (χ1n) is 9.30. The summed E-state index contributed by atoms with van der Waals surface area (Å²) in [6.07, 6.45) is 4.99. The van der Waals surface area contributed by atoms with E-state index in [1.165, 1.54) is 11.1 Å². The van der Waals surface area contributed by atoms with Gasteiger partial charge >= 0.3 is 0 Å². The summed E-state index contributed by atoms with van der Waals surface area (Å²) < 4.78 is 17.7. The van der Waals surface area contributed by atoms with Crippen molar-refractivity contribution in [2.75, 3.05) is 34.5 Å². The summed E-state index contributed by atoms with van der Waals surface area (Å²) >= 11 is 0. The van der Waals surface area contributed by atoms with E-state index in [-0.39, 0.29) is 12.8 Å². The first-order chi connectivity index (χ1) is 12.3. The Kier molecular flexibility index (Phi) is 5.28. The molecule has 1 aromatic carbocycles. The lowest BCUT2D eigenvalue weighted by atomic mass is 9.86. The van der Waals surface area contributed by atoms with Crippen molar-refractivity contribution < 1.29 is 23.5 Å². The maximum absolute atomic E-state index is 12.7. The summed E-state index contributed by atoms with van der Waals surface area (Å²) in [4.78, 5) is 12.7. The summed E-state index contributed by atoms with van der Waals surface area (Å²) in [5.74, 6) is 2.46. The van der Waals surface area contributed by atoms with Crippen LogP contribution in [0.1, 0.15) is 50.3 Å². The SMILES string of the molecule is COc1c2c(cc3c1C(CC(=O)CCC=C(C)C)[N+](C)(C)CC3)OCO2. The molecule has 1 unspecified atom stereocenters. The van der Waals surface area contributed by atoms with Crippen molar-refractivity contribution in [2.45, 2.75) is 45.6 Å². The predicted molar refractivity (Wildman–Crippen MR) is 101 cm³/mol. The van der Waals surface area contributed by atoms with Gasteiger partial charge in [0.15, 0.2) is 11.5 Å². The van der Waals surface area contributed by atoms with Crippen molar-refractivity contribution in [3.05, 3.63) is 28.8 Å². The minimum Gasteiger partial charge on any atom is -0.492 e. The first kappa shape index (κ1) is 18.8. The smallest absolute Gasteiger partial charge is 0.231 e. The average Bonchev–Trinajstić information content (AvgIpc) is 3.03. The fraction of sp³-hybridized carbons (Fsp3) is 0.571. The van der Waals surface area contributed by atoms with Gasteiger partial charge in [-0.15, -0.1) is 0 Å². The number of benzene rings is 1. The zero-order chi connectivity index (χ0) is 18.9. The minimum absolute atomic E-state index is 0.0717. The zero-order valence-electron chi connectivity index (χ0n) is 16.6. The van der Waals surface area contributed by atoms with Crippen molar-refractivity contribution >= 4 is 5.78 Å². The molecule has 0 fully saturated rings. The summed E-state index contributed by atoms with van der Waals surface area (Å²) in [6, 6.07) is 2.14. The molecule has 5 heteroatoms. The number of fused-ring (bicyclic) bond motifs is 2. The quantitative estimate of drug-likeness (QED) is 0.572. The van der Waals surface area contributed by atoms with Crippen molar-refractivity contribution in [1.29, 1.82) is 0 Å². The lowest BCUT2D eigenvalue weighted by Crippen LogP contribution is -2.48. The van der Waals surface area contributed by atoms with Gasteiger partial charge in [-0.05, 0) is 31.9 Å². The molecular formula is C21H30NO4+. The Morgan fingerprint density at radius 1 is 1.35 bits per heavy atom. The van der Waals surface area contributed by atoms with Gasteiger partial charge in [0.05, 0.1) is 39.7 Å². The molecule has 0 aromatic heterocycles. The van der Waals surface area contributed by atoms with Crippen LogP contribution in [0.15, 0.2) is 17.7 Å². The van der Waals surface area contributed by atoms with Crippen LogP contribution in [-0.2, 0) is 11.2 Å². The van der Waals surface area contributed by atoms with Gasteiger partial charge in [0.2, 0.25) is 12.5 Å². The molecule has 0 N–H and O–H groups in total. The number of ether oxygens (including phenoxy) is 3. The van der Waals surface area contributed by atoms with Crippen LogP contribution in [0.4, 0.5) is 0 Å². The van der Waals surface area contributed by atoms with Gasteiger partial charge in [-0.3, -0.25) is 4.79 Å². The van der Waals surface area contributed by atoms with Crippen LogP contribution in [-0.4, -0.2) is 44.8 Å². The largest absolute Gasteiger partial charge is 0.492 e. The Labute approximate surface area is 156 Å². The van der Waals surface area contributed by atoms with Gasteiger partial charge in [0, 0.05) is 12.8 Å². The number of hydrogen-bond donors (Lipinski definition) is 0. The number of quaternary nitrogens is 1. The number of Topliss-reactive ketones (excluding diaryl/α,β-unsaturated/α-hetero) is 1. The van der Waals surface area contributed by atoms with E-state index in [1.807, 2.05) is 0 Å². The monoisotopic (exact) mass is 360 g/mol. The van der Waals surface area contributed by atoms with E-state index in [9.17, 15) is 4.79 Å². The number of rotatable bonds is 6. The number of methoxy groups -OCH3 is 1. The highest BCUT2D eigenvalue weighted by Gasteiger charge is 2.42. The van der Waals surface area contributed by atoms with Gasteiger partial charge in [-0.1, -0.05) is 11.6 Å². The van der Waals surface area contributed by atoms with E-state index in [0.29, 0.717) is 24.4 Å². The van der Waals surface area contributed by atoms with Gasteiger partial charge in [0.1, 0.15) is 11.8 Å². The molecule has 0 radical (unpaired) electrons. The molecule has 2 heterocycles. The van der Waals surface area contributed by atoms with Crippen LogP contribution in [0.2, 0.25) is 0 Å². The molecule has 0 saturated carbocycles. The molecule has 142 valence electrons. The molecule has 0 bridgehead atoms. The third-order valence-corrected chi connectivity index (χ3v) is 5.48. The number of carbonyl (C=O) groups is 1. The topological polar surface area (TPSA) is 44.8 Å². The Morgan fingerprint density at radius 2 is 2.12 bits per heavy atom. The van der Waals surface area contributed by atoms with Crippen molar-refractivity contribution in [3.63, 3.8) is 0 Å². The third kappa shape index (κ3) is 3.58. The van der Waals surface area contributed by atoms with E-state index < -0.39 is 0 Å². The number of hydrogen-bond acceptors (Lipinski definition) is 4. The molecule has 3 rings (SSSR count). The van der Waals surface area contributed by atoms with Gasteiger partial charge in [-0.2, -0.15) is 0 Å². The Balaban J connectivity index is 1.93. The predicted octanol–water partition coefficient (Wildman–Crippen LogP) is 3.80. The average molecular weight is 360 g/mol. The van der Waals surface area contributed by atoms with E-state index in [1.54, 1.807) is 7.11 Å². The molecule has 0 aliphatic carbocycles. The van der Waals surface area contributed by atoms with Gasteiger partial charge in [-0.25, -0.2) is 0 Å². The highest BCUT2D eigenvalue weighted by molar-refractivity contribution is 5.79. The standard InChI is InChI=1S/C21H30NO4/c1-14(2)7-6-8-16(23)12-17-19-15(9-10-22(17,3)4)11-18-20(21(19)24-5)26-13-25-18/h7,11,17H,6,8-10,12-13H2,1-5H3/q+1. The molecule has 2 aliphatic rings. The van der Waals surface area contributed by atoms with Crippen LogP contribution in [0, 0.1) is 0 Å². The van der Waals surface area contributed by atoms with Crippen molar-refractivity contribution in [2.24, 2.45) is 0 Å². The molecule has 5 nitrogen and oxygen atoms in total. The number of likely N-dealkylation sites (N-methyl/N-ethyl adjacent to an activating group) is 1. The van der Waals surface area contributed by atoms with Crippen molar-refractivity contribution in [3.8, 4) is 17.2 Å². The fourth-order valence-corrected chi connectivity index (χ4v) is 3.95. The summed E-state index contributed by atoms with van der Waals surface area (Å²) in [5, 5.41) is 0. The number of carbonyl (C=O) groups excluding carboxylic acids is 1. The second-order valence-corrected chi connectivity index (χ2v) is 8.05. The molecule has 26 heavy (non-hydrogen) atoms. The summed E-state index contributed by atoms with van der Waals surface area (Å²) in [5.41, 5.74) is 3.58. The van der Waals surface area contributed by atoms with Crippen LogP contribution >= 0.6 is 0 Å². The third-order valence-electron chi connectivity index (χ3n) is 5.48. The maximum atomic E-state index is 12.7. The molecular weight excluding hydrogens is 330 g/mol. The number of ketones is 1. The van der Waals surface area contributed by atoms with Gasteiger partial charge < -0.3 is 18.7 Å². The van der Waals surface area contributed by atoms with E-state index in [2.05, 4.69) is 40.1 Å². The lowest BCUT2D eigenvalue weighted by molar-refractivity contribution is -0.922. The van der Waals surface area contributed by atoms with Crippen molar-refractivity contribution in [1.82, 2.24) is 0 Å². The molecule has 1 atom stereocenters. The first-order valence-corrected chi connectivity index (χ1v) is 9.30. The molecule has 2 aliphatic heterocycles. The fourth-order valence-electron chi connectivity index (χ4n) is 3.95. The van der Waals surface area contributed by atoms with Crippen LogP contribution < -0.4 is 14.2 Å². The number of nitrogens with zero attached hydrogens (tertiary/aromatic N) is 1. The van der Waals surface area contributed by atoms with Crippen LogP contribution in [0.3, 0.4) is 0 Å². The lowest BCUT2D eigenvalue weighted by Gasteiger charge is -2.43. The molecule has 0 spiro atoms. The maximum Gasteiger partial charge on any atom is 0.231 e.